The van der Waals surface area contributed by atoms with Crippen LogP contribution >= 0.6 is 11.3 Å². The summed E-state index contributed by atoms with van der Waals surface area (Å²) in [6.45, 7) is 9.01. The average molecular weight is 293 g/mol. The molecule has 0 radical (unpaired) electrons. The zero-order chi connectivity index (χ0) is 14.5. The van der Waals surface area contributed by atoms with Gasteiger partial charge in [0.25, 0.3) is 0 Å². The standard InChI is InChI=1S/C15H23N3OS/c1-5-19-12-6-7-13-14(10-12)20-15(17-13)16-8-9-18(4)11(2)3/h6-7,10-11H,5,8-9H2,1-4H3,(H,16,17). The molecule has 0 saturated carbocycles. The zero-order valence-electron chi connectivity index (χ0n) is 12.6. The average Bonchev–Trinajstić information content (AvgIpc) is 2.80. The summed E-state index contributed by atoms with van der Waals surface area (Å²) in [5.74, 6) is 0.912. The Balaban J connectivity index is 1.97. The van der Waals surface area contributed by atoms with Crippen molar-refractivity contribution in [3.63, 3.8) is 0 Å². The van der Waals surface area contributed by atoms with Crippen LogP contribution in [0.2, 0.25) is 0 Å². The van der Waals surface area contributed by atoms with E-state index in [0.29, 0.717) is 12.6 Å². The molecule has 0 spiro atoms. The van der Waals surface area contributed by atoms with Gasteiger partial charge in [-0.05, 0) is 46.0 Å². The lowest BCUT2D eigenvalue weighted by Gasteiger charge is -2.20. The molecule has 1 aromatic carbocycles. The van der Waals surface area contributed by atoms with Crippen molar-refractivity contribution < 1.29 is 4.74 Å². The Hall–Kier alpha value is -1.33. The van der Waals surface area contributed by atoms with Gasteiger partial charge in [-0.2, -0.15) is 0 Å². The summed E-state index contributed by atoms with van der Waals surface area (Å²) in [6.07, 6.45) is 0. The Bertz CT molecular complexity index is 553. The highest BCUT2D eigenvalue weighted by molar-refractivity contribution is 7.22. The number of likely N-dealkylation sites (N-methyl/N-ethyl adjacent to an activating group) is 1. The van der Waals surface area contributed by atoms with E-state index >= 15 is 0 Å². The van der Waals surface area contributed by atoms with Crippen molar-refractivity contribution in [2.24, 2.45) is 0 Å². The van der Waals surface area contributed by atoms with E-state index in [1.165, 1.54) is 0 Å². The largest absolute Gasteiger partial charge is 0.494 e. The van der Waals surface area contributed by atoms with E-state index in [1.54, 1.807) is 11.3 Å². The van der Waals surface area contributed by atoms with E-state index in [-0.39, 0.29) is 0 Å². The minimum Gasteiger partial charge on any atom is -0.494 e. The monoisotopic (exact) mass is 293 g/mol. The van der Waals surface area contributed by atoms with Crippen LogP contribution in [0.25, 0.3) is 10.2 Å². The smallest absolute Gasteiger partial charge is 0.183 e. The van der Waals surface area contributed by atoms with Gasteiger partial charge in [-0.1, -0.05) is 11.3 Å². The van der Waals surface area contributed by atoms with E-state index in [0.717, 1.165) is 34.2 Å². The van der Waals surface area contributed by atoms with Crippen molar-refractivity contribution in [3.8, 4) is 5.75 Å². The third-order valence-corrected chi connectivity index (χ3v) is 4.27. The minimum absolute atomic E-state index is 0.570. The van der Waals surface area contributed by atoms with Gasteiger partial charge in [0.1, 0.15) is 5.75 Å². The quantitative estimate of drug-likeness (QED) is 0.848. The Morgan fingerprint density at radius 2 is 2.20 bits per heavy atom. The van der Waals surface area contributed by atoms with Crippen LogP contribution in [0.3, 0.4) is 0 Å². The summed E-state index contributed by atoms with van der Waals surface area (Å²) in [5.41, 5.74) is 1.03. The summed E-state index contributed by atoms with van der Waals surface area (Å²) in [6, 6.07) is 6.62. The highest BCUT2D eigenvalue weighted by Crippen LogP contribution is 2.29. The van der Waals surface area contributed by atoms with Gasteiger partial charge in [-0.3, -0.25) is 0 Å². The fraction of sp³-hybridized carbons (Fsp3) is 0.533. The molecule has 0 aliphatic heterocycles. The Morgan fingerprint density at radius 1 is 1.40 bits per heavy atom. The van der Waals surface area contributed by atoms with Crippen molar-refractivity contribution >= 4 is 26.7 Å². The fourth-order valence-corrected chi connectivity index (χ4v) is 2.75. The van der Waals surface area contributed by atoms with Crippen LogP contribution < -0.4 is 10.1 Å². The van der Waals surface area contributed by atoms with E-state index in [1.807, 2.05) is 19.1 Å². The van der Waals surface area contributed by atoms with Gasteiger partial charge in [0.05, 0.1) is 16.8 Å². The summed E-state index contributed by atoms with van der Waals surface area (Å²) in [5, 5.41) is 4.37. The van der Waals surface area contributed by atoms with Gasteiger partial charge in [0, 0.05) is 19.1 Å². The van der Waals surface area contributed by atoms with Crippen LogP contribution in [0.1, 0.15) is 20.8 Å². The maximum Gasteiger partial charge on any atom is 0.183 e. The van der Waals surface area contributed by atoms with Crippen LogP contribution in [-0.2, 0) is 0 Å². The SMILES string of the molecule is CCOc1ccc2nc(NCCN(C)C(C)C)sc2c1. The van der Waals surface area contributed by atoms with Crippen LogP contribution in [0.5, 0.6) is 5.75 Å². The third-order valence-electron chi connectivity index (χ3n) is 3.29. The minimum atomic E-state index is 0.570. The first-order chi connectivity index (χ1) is 9.60. The number of nitrogens with one attached hydrogen (secondary N) is 1. The molecular formula is C15H23N3OS. The lowest BCUT2D eigenvalue weighted by molar-refractivity contribution is 0.284. The molecule has 2 aromatic rings. The first-order valence-corrected chi connectivity index (χ1v) is 7.89. The summed E-state index contributed by atoms with van der Waals surface area (Å²) < 4.78 is 6.68. The molecule has 0 aliphatic rings. The predicted molar refractivity (Wildman–Crippen MR) is 87.0 cm³/mol. The maximum absolute atomic E-state index is 5.51. The van der Waals surface area contributed by atoms with E-state index in [2.05, 4.69) is 42.2 Å². The van der Waals surface area contributed by atoms with Crippen molar-refractivity contribution in [1.82, 2.24) is 9.88 Å². The molecule has 0 saturated heterocycles. The second-order valence-electron chi connectivity index (χ2n) is 5.08. The third kappa shape index (κ3) is 3.84. The molecule has 2 rings (SSSR count). The summed E-state index contributed by atoms with van der Waals surface area (Å²) >= 11 is 1.68. The van der Waals surface area contributed by atoms with Gasteiger partial charge in [0.15, 0.2) is 5.13 Å². The highest BCUT2D eigenvalue weighted by atomic mass is 32.1. The van der Waals surface area contributed by atoms with Crippen molar-refractivity contribution in [1.29, 1.82) is 0 Å². The Labute approximate surface area is 124 Å². The molecule has 0 bridgehead atoms. The summed E-state index contributed by atoms with van der Waals surface area (Å²) in [4.78, 5) is 6.90. The number of rotatable bonds is 7. The number of anilines is 1. The van der Waals surface area contributed by atoms with E-state index in [4.69, 9.17) is 4.74 Å². The molecule has 4 nitrogen and oxygen atoms in total. The second kappa shape index (κ2) is 6.90. The first kappa shape index (κ1) is 15.1. The topological polar surface area (TPSA) is 37.4 Å². The van der Waals surface area contributed by atoms with Gasteiger partial charge >= 0.3 is 0 Å². The van der Waals surface area contributed by atoms with Gasteiger partial charge in [-0.25, -0.2) is 4.98 Å². The number of fused-ring (bicyclic) bond motifs is 1. The molecule has 0 fully saturated rings. The van der Waals surface area contributed by atoms with Crippen molar-refractivity contribution in [2.45, 2.75) is 26.8 Å². The van der Waals surface area contributed by atoms with Crippen LogP contribution in [0.4, 0.5) is 5.13 Å². The van der Waals surface area contributed by atoms with Gasteiger partial charge in [-0.15, -0.1) is 0 Å². The Morgan fingerprint density at radius 3 is 2.90 bits per heavy atom. The Kier molecular flexibility index (Phi) is 5.20. The number of nitrogens with zero attached hydrogens (tertiary/aromatic N) is 2. The highest BCUT2D eigenvalue weighted by Gasteiger charge is 2.06. The normalized spacial score (nSPS) is 11.5. The van der Waals surface area contributed by atoms with Crippen molar-refractivity contribution in [2.75, 3.05) is 32.1 Å². The number of hydrogen-bond acceptors (Lipinski definition) is 5. The molecule has 0 aliphatic carbocycles. The van der Waals surface area contributed by atoms with E-state index < -0.39 is 0 Å². The van der Waals surface area contributed by atoms with Crippen LogP contribution in [0, 0.1) is 0 Å². The number of thiazole rings is 1. The van der Waals surface area contributed by atoms with Crippen LogP contribution in [-0.4, -0.2) is 42.7 Å². The lowest BCUT2D eigenvalue weighted by Crippen LogP contribution is -2.31. The summed E-state index contributed by atoms with van der Waals surface area (Å²) in [7, 11) is 2.14. The van der Waals surface area contributed by atoms with E-state index in [9.17, 15) is 0 Å². The lowest BCUT2D eigenvalue weighted by atomic mass is 10.3. The molecule has 20 heavy (non-hydrogen) atoms. The number of hydrogen-bond donors (Lipinski definition) is 1. The maximum atomic E-state index is 5.51. The predicted octanol–water partition coefficient (Wildman–Crippen LogP) is 3.45. The zero-order valence-corrected chi connectivity index (χ0v) is 13.5. The van der Waals surface area contributed by atoms with Gasteiger partial charge < -0.3 is 15.0 Å². The number of aromatic nitrogens is 1. The first-order valence-electron chi connectivity index (χ1n) is 7.07. The number of ether oxygens (including phenoxy) is 1. The molecule has 0 unspecified atom stereocenters. The molecule has 1 heterocycles. The molecule has 0 amide bonds. The second-order valence-corrected chi connectivity index (χ2v) is 6.11. The van der Waals surface area contributed by atoms with Crippen molar-refractivity contribution in [3.05, 3.63) is 18.2 Å². The molecule has 5 heteroatoms. The van der Waals surface area contributed by atoms with Gasteiger partial charge in [0.2, 0.25) is 0 Å². The fourth-order valence-electron chi connectivity index (χ4n) is 1.83. The molecular weight excluding hydrogens is 270 g/mol. The molecule has 110 valence electrons. The molecule has 1 aromatic heterocycles. The van der Waals surface area contributed by atoms with Crippen LogP contribution in [0.15, 0.2) is 18.2 Å². The number of benzene rings is 1. The molecule has 1 N–H and O–H groups in total. The molecule has 0 atom stereocenters.